The van der Waals surface area contributed by atoms with Crippen molar-refractivity contribution in [2.75, 3.05) is 26.2 Å². The van der Waals surface area contributed by atoms with Gasteiger partial charge in [0.1, 0.15) is 6.61 Å². The van der Waals surface area contributed by atoms with E-state index >= 15 is 0 Å². The Morgan fingerprint density at radius 3 is 2.50 bits per heavy atom. The average molecular weight is 226 g/mol. The maximum atomic E-state index is 12.0. The van der Waals surface area contributed by atoms with Crippen molar-refractivity contribution in [3.63, 3.8) is 0 Å². The van der Waals surface area contributed by atoms with Crippen molar-refractivity contribution in [1.82, 2.24) is 10.2 Å². The van der Waals surface area contributed by atoms with Gasteiger partial charge < -0.3 is 15.0 Å². The standard InChI is InChI=1S/C12H22N2O2/c1-11(2)5-4-6-14(11)10(15)7-16-12(3)8-13-9-12/h13H,4-9H2,1-3H3. The molecule has 0 aromatic carbocycles. The lowest BCUT2D eigenvalue weighted by atomic mass is 10.00. The van der Waals surface area contributed by atoms with Crippen molar-refractivity contribution in [3.8, 4) is 0 Å². The zero-order valence-electron chi connectivity index (χ0n) is 10.5. The lowest BCUT2D eigenvalue weighted by Gasteiger charge is -2.40. The van der Waals surface area contributed by atoms with Crippen LogP contribution in [0.3, 0.4) is 0 Å². The summed E-state index contributed by atoms with van der Waals surface area (Å²) in [5.74, 6) is 0.135. The lowest BCUT2D eigenvalue weighted by molar-refractivity contribution is -0.149. The second kappa shape index (κ2) is 4.00. The average Bonchev–Trinajstić information content (AvgIpc) is 2.51. The van der Waals surface area contributed by atoms with Crippen molar-refractivity contribution in [2.24, 2.45) is 0 Å². The molecule has 92 valence electrons. The van der Waals surface area contributed by atoms with Crippen LogP contribution in [0.2, 0.25) is 0 Å². The van der Waals surface area contributed by atoms with Gasteiger partial charge >= 0.3 is 0 Å². The predicted molar refractivity (Wildman–Crippen MR) is 62.3 cm³/mol. The van der Waals surface area contributed by atoms with Gasteiger partial charge in [-0.25, -0.2) is 0 Å². The number of amides is 1. The van der Waals surface area contributed by atoms with E-state index in [9.17, 15) is 4.79 Å². The molecule has 2 fully saturated rings. The van der Waals surface area contributed by atoms with Gasteiger partial charge in [-0.3, -0.25) is 4.79 Å². The molecule has 4 nitrogen and oxygen atoms in total. The molecule has 0 spiro atoms. The van der Waals surface area contributed by atoms with Crippen molar-refractivity contribution >= 4 is 5.91 Å². The van der Waals surface area contributed by atoms with Crippen molar-refractivity contribution in [3.05, 3.63) is 0 Å². The normalized spacial score (nSPS) is 26.6. The number of hydrogen-bond donors (Lipinski definition) is 1. The summed E-state index contributed by atoms with van der Waals surface area (Å²) in [4.78, 5) is 14.0. The molecular formula is C12H22N2O2. The quantitative estimate of drug-likeness (QED) is 0.772. The van der Waals surface area contributed by atoms with Crippen LogP contribution in [-0.2, 0) is 9.53 Å². The predicted octanol–water partition coefficient (Wildman–Crippen LogP) is 0.766. The molecule has 0 aliphatic carbocycles. The van der Waals surface area contributed by atoms with Crippen molar-refractivity contribution < 1.29 is 9.53 Å². The lowest BCUT2D eigenvalue weighted by Crippen LogP contribution is -2.60. The number of likely N-dealkylation sites (tertiary alicyclic amines) is 1. The Morgan fingerprint density at radius 1 is 1.38 bits per heavy atom. The van der Waals surface area contributed by atoms with E-state index in [1.54, 1.807) is 0 Å². The Kier molecular flexibility index (Phi) is 2.97. The molecule has 1 N–H and O–H groups in total. The maximum Gasteiger partial charge on any atom is 0.249 e. The minimum absolute atomic E-state index is 0.0131. The molecule has 2 rings (SSSR count). The maximum absolute atomic E-state index is 12.0. The molecule has 0 radical (unpaired) electrons. The molecule has 2 saturated heterocycles. The highest BCUT2D eigenvalue weighted by Crippen LogP contribution is 2.28. The van der Waals surface area contributed by atoms with Crippen LogP contribution in [0.25, 0.3) is 0 Å². The molecule has 2 aliphatic rings. The molecule has 0 saturated carbocycles. The number of rotatable bonds is 3. The van der Waals surface area contributed by atoms with Crippen LogP contribution < -0.4 is 5.32 Å². The second-order valence-corrected chi connectivity index (χ2v) is 5.80. The van der Waals surface area contributed by atoms with Gasteiger partial charge in [0.05, 0.1) is 5.60 Å². The fraction of sp³-hybridized carbons (Fsp3) is 0.917. The molecule has 2 heterocycles. The number of ether oxygens (including phenoxy) is 1. The summed E-state index contributed by atoms with van der Waals surface area (Å²) in [5.41, 5.74) is -0.112. The van der Waals surface area contributed by atoms with E-state index in [-0.39, 0.29) is 23.7 Å². The first-order chi connectivity index (χ1) is 7.43. The third kappa shape index (κ3) is 2.23. The summed E-state index contributed by atoms with van der Waals surface area (Å²) in [6.45, 7) is 9.11. The highest BCUT2D eigenvalue weighted by molar-refractivity contribution is 5.78. The zero-order valence-corrected chi connectivity index (χ0v) is 10.5. The number of hydrogen-bond acceptors (Lipinski definition) is 3. The van der Waals surface area contributed by atoms with Gasteiger partial charge in [0, 0.05) is 25.2 Å². The van der Waals surface area contributed by atoms with E-state index in [0.717, 1.165) is 32.5 Å². The first kappa shape index (κ1) is 11.9. The number of carbonyl (C=O) groups is 1. The smallest absolute Gasteiger partial charge is 0.249 e. The molecule has 4 heteroatoms. The minimum atomic E-state index is -0.125. The number of nitrogens with one attached hydrogen (secondary N) is 1. The Balaban J connectivity index is 1.83. The van der Waals surface area contributed by atoms with Crippen LogP contribution in [0.1, 0.15) is 33.6 Å². The summed E-state index contributed by atoms with van der Waals surface area (Å²) in [5, 5.41) is 3.16. The van der Waals surface area contributed by atoms with Crippen molar-refractivity contribution in [2.45, 2.75) is 44.8 Å². The van der Waals surface area contributed by atoms with E-state index in [4.69, 9.17) is 4.74 Å². The summed E-state index contributed by atoms with van der Waals surface area (Å²) in [6.07, 6.45) is 2.20. The van der Waals surface area contributed by atoms with Crippen LogP contribution in [0, 0.1) is 0 Å². The Bertz CT molecular complexity index is 285. The highest BCUT2D eigenvalue weighted by atomic mass is 16.5. The number of carbonyl (C=O) groups excluding carboxylic acids is 1. The Morgan fingerprint density at radius 2 is 2.06 bits per heavy atom. The monoisotopic (exact) mass is 226 g/mol. The van der Waals surface area contributed by atoms with Gasteiger partial charge in [0.2, 0.25) is 5.91 Å². The summed E-state index contributed by atoms with van der Waals surface area (Å²) in [6, 6.07) is 0. The molecule has 0 unspecified atom stereocenters. The molecule has 0 atom stereocenters. The van der Waals surface area contributed by atoms with Crippen LogP contribution in [0.4, 0.5) is 0 Å². The molecule has 1 amide bonds. The fourth-order valence-electron chi connectivity index (χ4n) is 2.46. The van der Waals surface area contributed by atoms with E-state index in [1.807, 2.05) is 11.8 Å². The van der Waals surface area contributed by atoms with Gasteiger partial charge in [-0.2, -0.15) is 0 Å². The number of nitrogens with zero attached hydrogens (tertiary/aromatic N) is 1. The molecule has 2 aliphatic heterocycles. The summed E-state index contributed by atoms with van der Waals surface area (Å²) in [7, 11) is 0. The summed E-state index contributed by atoms with van der Waals surface area (Å²) >= 11 is 0. The largest absolute Gasteiger partial charge is 0.363 e. The highest BCUT2D eigenvalue weighted by Gasteiger charge is 2.38. The van der Waals surface area contributed by atoms with Crippen LogP contribution in [0.5, 0.6) is 0 Å². The van der Waals surface area contributed by atoms with Crippen LogP contribution >= 0.6 is 0 Å². The third-order valence-corrected chi connectivity index (χ3v) is 3.74. The Labute approximate surface area is 97.3 Å². The minimum Gasteiger partial charge on any atom is -0.363 e. The molecule has 16 heavy (non-hydrogen) atoms. The molecule has 0 aromatic heterocycles. The fourth-order valence-corrected chi connectivity index (χ4v) is 2.46. The molecule has 0 aromatic rings. The zero-order chi connectivity index (χ0) is 11.8. The third-order valence-electron chi connectivity index (χ3n) is 3.74. The molecule has 0 bridgehead atoms. The van der Waals surface area contributed by atoms with Crippen LogP contribution in [-0.4, -0.2) is 48.2 Å². The van der Waals surface area contributed by atoms with Gasteiger partial charge in [-0.1, -0.05) is 0 Å². The van der Waals surface area contributed by atoms with E-state index < -0.39 is 0 Å². The van der Waals surface area contributed by atoms with Gasteiger partial charge in [-0.05, 0) is 33.6 Å². The van der Waals surface area contributed by atoms with Gasteiger partial charge in [0.25, 0.3) is 0 Å². The Hall–Kier alpha value is -0.610. The van der Waals surface area contributed by atoms with E-state index in [0.29, 0.717) is 0 Å². The van der Waals surface area contributed by atoms with E-state index in [1.165, 1.54) is 0 Å². The SMILES string of the molecule is CC1(OCC(=O)N2CCCC2(C)C)CNC1. The van der Waals surface area contributed by atoms with Crippen molar-refractivity contribution in [1.29, 1.82) is 0 Å². The first-order valence-corrected chi connectivity index (χ1v) is 6.08. The van der Waals surface area contributed by atoms with E-state index in [2.05, 4.69) is 19.2 Å². The first-order valence-electron chi connectivity index (χ1n) is 6.08. The van der Waals surface area contributed by atoms with Gasteiger partial charge in [0.15, 0.2) is 0 Å². The topological polar surface area (TPSA) is 41.6 Å². The summed E-state index contributed by atoms with van der Waals surface area (Å²) < 4.78 is 5.68. The molecular weight excluding hydrogens is 204 g/mol. The van der Waals surface area contributed by atoms with Crippen LogP contribution in [0.15, 0.2) is 0 Å². The second-order valence-electron chi connectivity index (χ2n) is 5.80. The van der Waals surface area contributed by atoms with Gasteiger partial charge in [-0.15, -0.1) is 0 Å².